The van der Waals surface area contributed by atoms with Crippen LogP contribution in [-0.2, 0) is 11.2 Å². The molecule has 2 aromatic heterocycles. The van der Waals surface area contributed by atoms with Crippen LogP contribution in [0.15, 0.2) is 4.52 Å². The number of carbonyl (C=O) groups excluding carboxylic acids is 1. The molecular formula is C9H10N4O3S. The first-order valence-corrected chi connectivity index (χ1v) is 5.86. The van der Waals surface area contributed by atoms with Crippen molar-refractivity contribution >= 4 is 17.5 Å². The van der Waals surface area contributed by atoms with Gasteiger partial charge in [-0.25, -0.2) is 4.79 Å². The van der Waals surface area contributed by atoms with E-state index in [9.17, 15) is 4.79 Å². The minimum atomic E-state index is -0.599. The Kier molecular flexibility index (Phi) is 3.43. The van der Waals surface area contributed by atoms with Crippen molar-refractivity contribution in [3.8, 4) is 10.8 Å². The summed E-state index contributed by atoms with van der Waals surface area (Å²) in [7, 11) is 0. The van der Waals surface area contributed by atoms with E-state index in [0.29, 0.717) is 11.3 Å². The van der Waals surface area contributed by atoms with Crippen molar-refractivity contribution in [2.24, 2.45) is 0 Å². The second-order valence-electron chi connectivity index (χ2n) is 3.05. The molecule has 7 nitrogen and oxygen atoms in total. The summed E-state index contributed by atoms with van der Waals surface area (Å²) in [6.07, 6.45) is 0.711. The smallest absolute Gasteiger partial charge is 0.379 e. The fourth-order valence-electron chi connectivity index (χ4n) is 1.20. The van der Waals surface area contributed by atoms with Crippen molar-refractivity contribution in [3.05, 3.63) is 11.5 Å². The number of carbonyl (C=O) groups is 1. The molecule has 17 heavy (non-hydrogen) atoms. The van der Waals surface area contributed by atoms with Crippen molar-refractivity contribution < 1.29 is 14.1 Å². The molecule has 2 aromatic rings. The Morgan fingerprint density at radius 1 is 1.47 bits per heavy atom. The number of hydrogen-bond donors (Lipinski definition) is 0. The molecule has 0 atom stereocenters. The molecule has 0 unspecified atom stereocenters. The molecule has 2 heterocycles. The molecule has 0 saturated heterocycles. The van der Waals surface area contributed by atoms with Crippen LogP contribution in [0.25, 0.3) is 10.8 Å². The summed E-state index contributed by atoms with van der Waals surface area (Å²) in [6, 6.07) is 0. The second kappa shape index (κ2) is 5.00. The van der Waals surface area contributed by atoms with Gasteiger partial charge in [-0.1, -0.05) is 11.4 Å². The summed E-state index contributed by atoms with van der Waals surface area (Å²) in [5, 5.41) is 7.48. The van der Waals surface area contributed by atoms with Gasteiger partial charge >= 0.3 is 5.97 Å². The first-order chi connectivity index (χ1) is 8.26. The van der Waals surface area contributed by atoms with Crippen LogP contribution in [0.5, 0.6) is 0 Å². The van der Waals surface area contributed by atoms with Gasteiger partial charge in [0.1, 0.15) is 4.88 Å². The van der Waals surface area contributed by atoms with Crippen molar-refractivity contribution in [3.63, 3.8) is 0 Å². The van der Waals surface area contributed by atoms with Crippen LogP contribution < -0.4 is 0 Å². The predicted octanol–water partition coefficient (Wildman–Crippen LogP) is 1.33. The van der Waals surface area contributed by atoms with Gasteiger partial charge in [0.25, 0.3) is 11.7 Å². The summed E-state index contributed by atoms with van der Waals surface area (Å²) < 4.78 is 13.6. The highest BCUT2D eigenvalue weighted by Gasteiger charge is 2.20. The fraction of sp³-hybridized carbons (Fsp3) is 0.444. The third-order valence-electron chi connectivity index (χ3n) is 1.97. The van der Waals surface area contributed by atoms with Gasteiger partial charge in [0, 0.05) is 0 Å². The number of ether oxygens (including phenoxy) is 1. The molecule has 0 radical (unpaired) electrons. The first kappa shape index (κ1) is 11.6. The van der Waals surface area contributed by atoms with E-state index in [1.165, 1.54) is 0 Å². The van der Waals surface area contributed by atoms with Crippen LogP contribution in [0.2, 0.25) is 0 Å². The zero-order chi connectivity index (χ0) is 12.3. The molecule has 2 rings (SSSR count). The van der Waals surface area contributed by atoms with E-state index in [2.05, 4.69) is 19.7 Å². The average Bonchev–Trinajstić information content (AvgIpc) is 2.97. The maximum atomic E-state index is 11.3. The zero-order valence-electron chi connectivity index (χ0n) is 9.34. The minimum Gasteiger partial charge on any atom is -0.460 e. The van der Waals surface area contributed by atoms with Crippen molar-refractivity contribution in [1.82, 2.24) is 19.7 Å². The van der Waals surface area contributed by atoms with Gasteiger partial charge in [0.15, 0.2) is 0 Å². The molecule has 0 aliphatic rings. The molecule has 8 heteroatoms. The van der Waals surface area contributed by atoms with E-state index in [-0.39, 0.29) is 18.3 Å². The van der Waals surface area contributed by atoms with Crippen molar-refractivity contribution in [2.45, 2.75) is 20.3 Å². The Morgan fingerprint density at radius 3 is 3.00 bits per heavy atom. The molecule has 0 aromatic carbocycles. The highest BCUT2D eigenvalue weighted by Crippen LogP contribution is 2.24. The minimum absolute atomic E-state index is 0.0858. The fourth-order valence-corrected chi connectivity index (χ4v) is 1.87. The molecule has 0 saturated carbocycles. The van der Waals surface area contributed by atoms with Gasteiger partial charge in [-0.15, -0.1) is 5.10 Å². The molecule has 0 spiro atoms. The normalized spacial score (nSPS) is 10.5. The van der Waals surface area contributed by atoms with E-state index < -0.39 is 5.97 Å². The number of hydrogen-bond acceptors (Lipinski definition) is 8. The third-order valence-corrected chi connectivity index (χ3v) is 2.73. The first-order valence-electron chi connectivity index (χ1n) is 5.08. The summed E-state index contributed by atoms with van der Waals surface area (Å²) in [4.78, 5) is 16.0. The van der Waals surface area contributed by atoms with Crippen LogP contribution in [0.4, 0.5) is 0 Å². The third kappa shape index (κ3) is 2.31. The molecule has 0 fully saturated rings. The van der Waals surface area contributed by atoms with Crippen molar-refractivity contribution in [1.29, 1.82) is 0 Å². The van der Waals surface area contributed by atoms with E-state index in [1.54, 1.807) is 6.92 Å². The summed E-state index contributed by atoms with van der Waals surface area (Å²) in [5.74, 6) is -0.435. The second-order valence-corrected chi connectivity index (χ2v) is 3.80. The maximum Gasteiger partial charge on any atom is 0.379 e. The van der Waals surface area contributed by atoms with Gasteiger partial charge in [0.05, 0.1) is 12.3 Å². The van der Waals surface area contributed by atoms with E-state index in [4.69, 9.17) is 9.26 Å². The topological polar surface area (TPSA) is 91.0 Å². The molecule has 0 aliphatic heterocycles. The Morgan fingerprint density at radius 2 is 2.29 bits per heavy atom. The lowest BCUT2D eigenvalue weighted by Crippen LogP contribution is -2.06. The average molecular weight is 254 g/mol. The Labute approximate surface area is 101 Å². The van der Waals surface area contributed by atoms with Gasteiger partial charge in [-0.05, 0) is 30.0 Å². The standard InChI is InChI=1S/C9H10N4O3S/c1-3-5-6(17-13-11-5)8-10-7(12-16-8)9(14)15-4-2/h3-4H2,1-2H3. The zero-order valence-corrected chi connectivity index (χ0v) is 10.2. The van der Waals surface area contributed by atoms with Crippen molar-refractivity contribution in [2.75, 3.05) is 6.61 Å². The molecule has 0 bridgehead atoms. The quantitative estimate of drug-likeness (QED) is 0.760. The van der Waals surface area contributed by atoms with E-state index in [0.717, 1.165) is 17.2 Å². The van der Waals surface area contributed by atoms with Crippen LogP contribution in [0.1, 0.15) is 30.2 Å². The van der Waals surface area contributed by atoms with Gasteiger partial charge in [0.2, 0.25) is 0 Å². The van der Waals surface area contributed by atoms with Crippen LogP contribution in [0.3, 0.4) is 0 Å². The maximum absolute atomic E-state index is 11.3. The van der Waals surface area contributed by atoms with Crippen LogP contribution in [0, 0.1) is 0 Å². The number of aryl methyl sites for hydroxylation is 1. The number of rotatable bonds is 4. The lowest BCUT2D eigenvalue weighted by Gasteiger charge is -1.93. The molecular weight excluding hydrogens is 244 g/mol. The lowest BCUT2D eigenvalue weighted by molar-refractivity contribution is 0.0508. The monoisotopic (exact) mass is 254 g/mol. The van der Waals surface area contributed by atoms with E-state index >= 15 is 0 Å². The molecule has 90 valence electrons. The van der Waals surface area contributed by atoms with Gasteiger partial charge < -0.3 is 9.26 Å². The molecule has 0 aliphatic carbocycles. The molecule has 0 amide bonds. The number of esters is 1. The largest absolute Gasteiger partial charge is 0.460 e. The Bertz CT molecular complexity index is 522. The van der Waals surface area contributed by atoms with Crippen LogP contribution >= 0.6 is 11.5 Å². The highest BCUT2D eigenvalue weighted by atomic mass is 32.1. The van der Waals surface area contributed by atoms with Gasteiger partial charge in [-0.2, -0.15) is 4.98 Å². The van der Waals surface area contributed by atoms with Crippen LogP contribution in [-0.4, -0.2) is 32.3 Å². The number of nitrogens with zero attached hydrogens (tertiary/aromatic N) is 4. The Balaban J connectivity index is 2.27. The molecule has 0 N–H and O–H groups in total. The Hall–Kier alpha value is -1.83. The summed E-state index contributed by atoms with van der Waals surface area (Å²) in [6.45, 7) is 3.93. The number of aromatic nitrogens is 4. The highest BCUT2D eigenvalue weighted by molar-refractivity contribution is 7.09. The predicted molar refractivity (Wildman–Crippen MR) is 58.5 cm³/mol. The lowest BCUT2D eigenvalue weighted by atomic mass is 10.3. The van der Waals surface area contributed by atoms with E-state index in [1.807, 2.05) is 6.92 Å². The summed E-state index contributed by atoms with van der Waals surface area (Å²) >= 11 is 1.16. The van der Waals surface area contributed by atoms with Gasteiger partial charge in [-0.3, -0.25) is 0 Å². The summed E-state index contributed by atoms with van der Waals surface area (Å²) in [5.41, 5.74) is 0.772. The SMILES string of the molecule is CCOC(=O)c1noc(-c2snnc2CC)n1.